The molecular weight excluding hydrogens is 240 g/mol. The summed E-state index contributed by atoms with van der Waals surface area (Å²) in [7, 11) is 0. The van der Waals surface area contributed by atoms with E-state index in [2.05, 4.69) is 5.32 Å². The summed E-state index contributed by atoms with van der Waals surface area (Å²) in [5.74, 6) is 0.401. The number of amides is 1. The van der Waals surface area contributed by atoms with E-state index in [0.717, 1.165) is 6.61 Å². The molecule has 1 fully saturated rings. The quantitative estimate of drug-likeness (QED) is 0.711. The van der Waals surface area contributed by atoms with E-state index in [9.17, 15) is 4.79 Å². The van der Waals surface area contributed by atoms with Crippen LogP contribution in [-0.4, -0.2) is 30.2 Å². The van der Waals surface area contributed by atoms with Gasteiger partial charge in [-0.2, -0.15) is 0 Å². The Bertz CT molecular complexity index is 288. The molecule has 0 aromatic carbocycles. The van der Waals surface area contributed by atoms with Crippen molar-refractivity contribution in [3.05, 3.63) is 0 Å². The van der Waals surface area contributed by atoms with Crippen LogP contribution in [0.5, 0.6) is 0 Å². The van der Waals surface area contributed by atoms with Crippen molar-refractivity contribution in [1.82, 2.24) is 5.32 Å². The Hall–Kier alpha value is -0.610. The Morgan fingerprint density at radius 1 is 1.37 bits per heavy atom. The van der Waals surface area contributed by atoms with Crippen LogP contribution in [0.1, 0.15) is 59.8 Å². The third-order valence-corrected chi connectivity index (χ3v) is 3.94. The number of hydrogen-bond donors (Lipinski definition) is 2. The van der Waals surface area contributed by atoms with Crippen LogP contribution >= 0.6 is 0 Å². The van der Waals surface area contributed by atoms with Gasteiger partial charge in [0.05, 0.1) is 11.6 Å². The van der Waals surface area contributed by atoms with Crippen molar-refractivity contribution in [2.75, 3.05) is 6.61 Å². The fraction of sp³-hybridized carbons (Fsp3) is 0.933. The predicted octanol–water partition coefficient (Wildman–Crippen LogP) is 2.21. The number of ether oxygens (including phenoxy) is 1. The standard InChI is InChI=1S/C15H30N2O2/c1-11(2)17-15(4,14(16)18)9-12(3)19-10-13-7-5-6-8-13/h11-13,17H,5-10H2,1-4H3,(H2,16,18). The maximum atomic E-state index is 11.7. The monoisotopic (exact) mass is 270 g/mol. The van der Waals surface area contributed by atoms with E-state index in [1.807, 2.05) is 27.7 Å². The number of nitrogens with two attached hydrogens (primary N) is 1. The second-order valence-corrected chi connectivity index (χ2v) is 6.49. The minimum atomic E-state index is -0.691. The Morgan fingerprint density at radius 3 is 2.42 bits per heavy atom. The average molecular weight is 270 g/mol. The van der Waals surface area contributed by atoms with Crippen LogP contribution in [0.15, 0.2) is 0 Å². The summed E-state index contributed by atoms with van der Waals surface area (Å²) >= 11 is 0. The minimum absolute atomic E-state index is 0.0457. The van der Waals surface area contributed by atoms with E-state index in [4.69, 9.17) is 10.5 Å². The van der Waals surface area contributed by atoms with Crippen LogP contribution in [0.3, 0.4) is 0 Å². The van der Waals surface area contributed by atoms with Crippen LogP contribution in [0.4, 0.5) is 0 Å². The smallest absolute Gasteiger partial charge is 0.237 e. The Labute approximate surface area is 117 Å². The molecule has 4 heteroatoms. The van der Waals surface area contributed by atoms with Gasteiger partial charge in [-0.05, 0) is 46.5 Å². The van der Waals surface area contributed by atoms with Crippen LogP contribution in [0.25, 0.3) is 0 Å². The number of hydrogen-bond acceptors (Lipinski definition) is 3. The highest BCUT2D eigenvalue weighted by atomic mass is 16.5. The fourth-order valence-corrected chi connectivity index (χ4v) is 2.98. The first-order chi connectivity index (χ1) is 8.83. The van der Waals surface area contributed by atoms with Crippen molar-refractivity contribution >= 4 is 5.91 Å². The van der Waals surface area contributed by atoms with Crippen molar-refractivity contribution in [2.24, 2.45) is 11.7 Å². The van der Waals surface area contributed by atoms with Crippen molar-refractivity contribution in [3.8, 4) is 0 Å². The average Bonchev–Trinajstić information content (AvgIpc) is 2.77. The van der Waals surface area contributed by atoms with Gasteiger partial charge in [0.2, 0.25) is 5.91 Å². The van der Waals surface area contributed by atoms with Gasteiger partial charge < -0.3 is 15.8 Å². The molecule has 0 heterocycles. The molecule has 0 aliphatic heterocycles. The summed E-state index contributed by atoms with van der Waals surface area (Å²) in [5, 5.41) is 3.26. The van der Waals surface area contributed by atoms with E-state index >= 15 is 0 Å². The maximum Gasteiger partial charge on any atom is 0.237 e. The van der Waals surface area contributed by atoms with Crippen molar-refractivity contribution in [3.63, 3.8) is 0 Å². The van der Waals surface area contributed by atoms with E-state index < -0.39 is 5.54 Å². The highest BCUT2D eigenvalue weighted by Crippen LogP contribution is 2.26. The molecule has 0 saturated heterocycles. The lowest BCUT2D eigenvalue weighted by Gasteiger charge is -2.32. The molecule has 3 N–H and O–H groups in total. The molecule has 1 saturated carbocycles. The molecule has 112 valence electrons. The largest absolute Gasteiger partial charge is 0.378 e. The van der Waals surface area contributed by atoms with Crippen LogP contribution in [0.2, 0.25) is 0 Å². The lowest BCUT2D eigenvalue weighted by Crippen LogP contribution is -2.57. The second-order valence-electron chi connectivity index (χ2n) is 6.49. The van der Waals surface area contributed by atoms with Gasteiger partial charge in [-0.25, -0.2) is 0 Å². The molecular formula is C15H30N2O2. The SMILES string of the molecule is CC(C)NC(C)(CC(C)OCC1CCCC1)C(N)=O. The van der Waals surface area contributed by atoms with Crippen molar-refractivity contribution in [2.45, 2.75) is 77.5 Å². The summed E-state index contributed by atoms with van der Waals surface area (Å²) in [6.07, 6.45) is 5.89. The Morgan fingerprint density at radius 2 is 1.95 bits per heavy atom. The van der Waals surface area contributed by atoms with E-state index in [1.165, 1.54) is 25.7 Å². The van der Waals surface area contributed by atoms with Gasteiger partial charge in [0.25, 0.3) is 0 Å². The molecule has 0 radical (unpaired) electrons. The number of rotatable bonds is 8. The number of carbonyl (C=O) groups is 1. The zero-order valence-corrected chi connectivity index (χ0v) is 12.9. The molecule has 1 aliphatic rings. The number of carbonyl (C=O) groups excluding carboxylic acids is 1. The third-order valence-electron chi connectivity index (χ3n) is 3.94. The molecule has 0 spiro atoms. The molecule has 4 nitrogen and oxygen atoms in total. The molecule has 1 rings (SSSR count). The maximum absolute atomic E-state index is 11.7. The highest BCUT2D eigenvalue weighted by molar-refractivity contribution is 5.84. The zero-order valence-electron chi connectivity index (χ0n) is 12.9. The molecule has 0 bridgehead atoms. The van der Waals surface area contributed by atoms with Gasteiger partial charge in [0, 0.05) is 19.1 Å². The summed E-state index contributed by atoms with van der Waals surface area (Å²) in [5.41, 5.74) is 4.84. The molecule has 1 aliphatic carbocycles. The van der Waals surface area contributed by atoms with Crippen molar-refractivity contribution in [1.29, 1.82) is 0 Å². The van der Waals surface area contributed by atoms with Crippen LogP contribution in [-0.2, 0) is 9.53 Å². The van der Waals surface area contributed by atoms with E-state index in [1.54, 1.807) is 0 Å². The summed E-state index contributed by atoms with van der Waals surface area (Å²) in [4.78, 5) is 11.7. The molecule has 19 heavy (non-hydrogen) atoms. The first-order valence-electron chi connectivity index (χ1n) is 7.52. The normalized spacial score (nSPS) is 21.5. The first-order valence-corrected chi connectivity index (χ1v) is 7.52. The lowest BCUT2D eigenvalue weighted by atomic mass is 9.93. The molecule has 0 aromatic rings. The van der Waals surface area contributed by atoms with Crippen LogP contribution < -0.4 is 11.1 Å². The number of primary amides is 1. The van der Waals surface area contributed by atoms with E-state index in [-0.39, 0.29) is 18.1 Å². The predicted molar refractivity (Wildman–Crippen MR) is 77.9 cm³/mol. The van der Waals surface area contributed by atoms with Crippen molar-refractivity contribution < 1.29 is 9.53 Å². The molecule has 1 amide bonds. The fourth-order valence-electron chi connectivity index (χ4n) is 2.98. The summed E-state index contributed by atoms with van der Waals surface area (Å²) in [6.45, 7) is 8.75. The third kappa shape index (κ3) is 5.49. The summed E-state index contributed by atoms with van der Waals surface area (Å²) in [6, 6.07) is 0.222. The highest BCUT2D eigenvalue weighted by Gasteiger charge is 2.33. The Kier molecular flexibility index (Phi) is 6.27. The van der Waals surface area contributed by atoms with Gasteiger partial charge in [0.1, 0.15) is 0 Å². The van der Waals surface area contributed by atoms with Crippen LogP contribution in [0, 0.1) is 5.92 Å². The zero-order chi connectivity index (χ0) is 14.5. The van der Waals surface area contributed by atoms with Gasteiger partial charge in [-0.15, -0.1) is 0 Å². The number of nitrogens with one attached hydrogen (secondary N) is 1. The van der Waals surface area contributed by atoms with E-state index in [0.29, 0.717) is 12.3 Å². The minimum Gasteiger partial charge on any atom is -0.378 e. The van der Waals surface area contributed by atoms with Gasteiger partial charge in [-0.1, -0.05) is 12.8 Å². The molecule has 2 unspecified atom stereocenters. The summed E-state index contributed by atoms with van der Waals surface area (Å²) < 4.78 is 5.91. The van der Waals surface area contributed by atoms with Gasteiger partial charge >= 0.3 is 0 Å². The molecule has 0 aromatic heterocycles. The topological polar surface area (TPSA) is 64.3 Å². The lowest BCUT2D eigenvalue weighted by molar-refractivity contribution is -0.125. The second kappa shape index (κ2) is 7.25. The van der Waals surface area contributed by atoms with Gasteiger partial charge in [0.15, 0.2) is 0 Å². The first kappa shape index (κ1) is 16.4. The Balaban J connectivity index is 2.41. The van der Waals surface area contributed by atoms with Gasteiger partial charge in [-0.3, -0.25) is 4.79 Å². The molecule has 2 atom stereocenters.